The summed E-state index contributed by atoms with van der Waals surface area (Å²) in [5.41, 5.74) is -0.0332. The molecule has 0 aliphatic carbocycles. The van der Waals surface area contributed by atoms with E-state index in [0.717, 1.165) is 5.76 Å². The number of carbonyl (C=O) groups is 1. The molecule has 0 aliphatic heterocycles. The summed E-state index contributed by atoms with van der Waals surface area (Å²) in [6, 6.07) is 0. The maximum Gasteiger partial charge on any atom is 0.303 e. The van der Waals surface area contributed by atoms with Gasteiger partial charge in [-0.2, -0.15) is 0 Å². The fourth-order valence-electron chi connectivity index (χ4n) is 1.30. The maximum absolute atomic E-state index is 10.3. The zero-order valence-corrected chi connectivity index (χ0v) is 10.6. The Bertz CT molecular complexity index is 366. The van der Waals surface area contributed by atoms with Crippen molar-refractivity contribution in [3.05, 3.63) is 17.8 Å². The van der Waals surface area contributed by atoms with Gasteiger partial charge in [0, 0.05) is 11.8 Å². The molecule has 0 saturated heterocycles. The van der Waals surface area contributed by atoms with Gasteiger partial charge in [-0.25, -0.2) is 4.98 Å². The van der Waals surface area contributed by atoms with Gasteiger partial charge in [-0.3, -0.25) is 4.79 Å². The zero-order valence-electron chi connectivity index (χ0n) is 10.6. The van der Waals surface area contributed by atoms with Gasteiger partial charge in [0.05, 0.1) is 12.7 Å². The molecule has 17 heavy (non-hydrogen) atoms. The van der Waals surface area contributed by atoms with Gasteiger partial charge in [0.1, 0.15) is 5.76 Å². The van der Waals surface area contributed by atoms with Crippen molar-refractivity contribution in [3.63, 3.8) is 0 Å². The van der Waals surface area contributed by atoms with E-state index in [4.69, 9.17) is 9.52 Å². The van der Waals surface area contributed by atoms with E-state index in [0.29, 0.717) is 25.4 Å². The first-order valence-electron chi connectivity index (χ1n) is 5.77. The van der Waals surface area contributed by atoms with E-state index in [-0.39, 0.29) is 11.8 Å². The van der Waals surface area contributed by atoms with Crippen molar-refractivity contribution in [2.24, 2.45) is 0 Å². The fraction of sp³-hybridized carbons (Fsp3) is 0.667. The van der Waals surface area contributed by atoms with Crippen LogP contribution in [0.5, 0.6) is 0 Å². The first kappa shape index (κ1) is 13.7. The summed E-state index contributed by atoms with van der Waals surface area (Å²) >= 11 is 0. The summed E-state index contributed by atoms with van der Waals surface area (Å²) in [7, 11) is 0. The molecular weight excluding hydrogens is 220 g/mol. The number of carboxylic acids is 1. The number of rotatable bonds is 6. The fourth-order valence-corrected chi connectivity index (χ4v) is 1.30. The van der Waals surface area contributed by atoms with Crippen LogP contribution in [0.2, 0.25) is 0 Å². The quantitative estimate of drug-likeness (QED) is 0.743. The molecule has 0 bridgehead atoms. The van der Waals surface area contributed by atoms with Crippen molar-refractivity contribution in [2.75, 3.05) is 6.54 Å². The van der Waals surface area contributed by atoms with E-state index >= 15 is 0 Å². The number of carboxylic acid groups (broad SMARTS) is 1. The normalized spacial score (nSPS) is 11.7. The Morgan fingerprint density at radius 1 is 1.53 bits per heavy atom. The SMILES string of the molecule is CC(C)(C)c1cnc(CNCCCC(=O)O)o1. The maximum atomic E-state index is 10.3. The number of aromatic nitrogens is 1. The Morgan fingerprint density at radius 3 is 2.76 bits per heavy atom. The van der Waals surface area contributed by atoms with E-state index in [1.54, 1.807) is 6.20 Å². The third kappa shape index (κ3) is 4.99. The van der Waals surface area contributed by atoms with E-state index in [9.17, 15) is 4.79 Å². The number of nitrogens with zero attached hydrogens (tertiary/aromatic N) is 1. The van der Waals surface area contributed by atoms with Crippen LogP contribution in [0, 0.1) is 0 Å². The smallest absolute Gasteiger partial charge is 0.303 e. The molecular formula is C12H20N2O3. The summed E-state index contributed by atoms with van der Waals surface area (Å²) in [4.78, 5) is 14.5. The lowest BCUT2D eigenvalue weighted by Gasteiger charge is -2.13. The molecule has 1 rings (SSSR count). The lowest BCUT2D eigenvalue weighted by atomic mass is 9.94. The lowest BCUT2D eigenvalue weighted by molar-refractivity contribution is -0.137. The molecule has 0 atom stereocenters. The molecule has 0 saturated carbocycles. The molecule has 96 valence electrons. The molecule has 1 aromatic heterocycles. The molecule has 0 amide bonds. The summed E-state index contributed by atoms with van der Waals surface area (Å²) in [6.07, 6.45) is 2.54. The number of nitrogens with one attached hydrogen (secondary N) is 1. The van der Waals surface area contributed by atoms with Crippen molar-refractivity contribution < 1.29 is 14.3 Å². The van der Waals surface area contributed by atoms with Gasteiger partial charge in [-0.1, -0.05) is 20.8 Å². The highest BCUT2D eigenvalue weighted by Gasteiger charge is 2.18. The summed E-state index contributed by atoms with van der Waals surface area (Å²) in [6.45, 7) is 7.39. The molecule has 0 radical (unpaired) electrons. The van der Waals surface area contributed by atoms with Crippen LogP contribution >= 0.6 is 0 Å². The minimum atomic E-state index is -0.766. The summed E-state index contributed by atoms with van der Waals surface area (Å²) in [5, 5.41) is 11.6. The van der Waals surface area contributed by atoms with Crippen molar-refractivity contribution >= 4 is 5.97 Å². The molecule has 0 aliphatic rings. The topological polar surface area (TPSA) is 75.4 Å². The highest BCUT2D eigenvalue weighted by atomic mass is 16.4. The molecule has 0 unspecified atom stereocenters. The first-order chi connectivity index (χ1) is 7.89. The van der Waals surface area contributed by atoms with Gasteiger partial charge in [-0.05, 0) is 13.0 Å². The number of aliphatic carboxylic acids is 1. The Hall–Kier alpha value is -1.36. The zero-order chi connectivity index (χ0) is 12.9. The van der Waals surface area contributed by atoms with Crippen LogP contribution in [-0.2, 0) is 16.8 Å². The van der Waals surface area contributed by atoms with E-state index in [1.165, 1.54) is 0 Å². The van der Waals surface area contributed by atoms with Crippen LogP contribution in [0.15, 0.2) is 10.6 Å². The minimum absolute atomic E-state index is 0.0332. The predicted octanol–water partition coefficient (Wildman–Crippen LogP) is 1.93. The van der Waals surface area contributed by atoms with Gasteiger partial charge in [0.2, 0.25) is 5.89 Å². The van der Waals surface area contributed by atoms with Crippen molar-refractivity contribution in [1.29, 1.82) is 0 Å². The number of hydrogen-bond donors (Lipinski definition) is 2. The molecule has 5 nitrogen and oxygen atoms in total. The average Bonchev–Trinajstić information content (AvgIpc) is 2.64. The lowest BCUT2D eigenvalue weighted by Crippen LogP contribution is -2.16. The molecule has 1 aromatic rings. The highest BCUT2D eigenvalue weighted by Crippen LogP contribution is 2.22. The van der Waals surface area contributed by atoms with Crippen LogP contribution in [0.4, 0.5) is 0 Å². The van der Waals surface area contributed by atoms with Crippen LogP contribution in [0.25, 0.3) is 0 Å². The number of hydrogen-bond acceptors (Lipinski definition) is 4. The molecule has 2 N–H and O–H groups in total. The van der Waals surface area contributed by atoms with Crippen molar-refractivity contribution in [2.45, 2.75) is 45.6 Å². The second-order valence-corrected chi connectivity index (χ2v) is 5.04. The summed E-state index contributed by atoms with van der Waals surface area (Å²) in [5.74, 6) is 0.739. The Labute approximate surface area is 101 Å². The molecule has 5 heteroatoms. The third-order valence-corrected chi connectivity index (χ3v) is 2.31. The van der Waals surface area contributed by atoms with Crippen molar-refractivity contribution in [3.8, 4) is 0 Å². The largest absolute Gasteiger partial charge is 0.481 e. The Morgan fingerprint density at radius 2 is 2.24 bits per heavy atom. The van der Waals surface area contributed by atoms with Gasteiger partial charge in [0.25, 0.3) is 0 Å². The average molecular weight is 240 g/mol. The van der Waals surface area contributed by atoms with Crippen LogP contribution in [0.3, 0.4) is 0 Å². The van der Waals surface area contributed by atoms with Gasteiger partial charge < -0.3 is 14.8 Å². The van der Waals surface area contributed by atoms with E-state index in [1.807, 2.05) is 0 Å². The number of oxazole rings is 1. The van der Waals surface area contributed by atoms with Crippen LogP contribution in [0.1, 0.15) is 45.3 Å². The standard InChI is InChI=1S/C12H20N2O3/c1-12(2,3)9-7-14-10(17-9)8-13-6-4-5-11(15)16/h7,13H,4-6,8H2,1-3H3,(H,15,16). The Kier molecular flexibility index (Phi) is 4.69. The minimum Gasteiger partial charge on any atom is -0.481 e. The monoisotopic (exact) mass is 240 g/mol. The van der Waals surface area contributed by atoms with Crippen LogP contribution in [-0.4, -0.2) is 22.6 Å². The van der Waals surface area contributed by atoms with Gasteiger partial charge >= 0.3 is 5.97 Å². The predicted molar refractivity (Wildman–Crippen MR) is 63.8 cm³/mol. The highest BCUT2D eigenvalue weighted by molar-refractivity contribution is 5.66. The second-order valence-electron chi connectivity index (χ2n) is 5.04. The van der Waals surface area contributed by atoms with E-state index < -0.39 is 5.97 Å². The second kappa shape index (κ2) is 5.82. The molecule has 0 fully saturated rings. The van der Waals surface area contributed by atoms with E-state index in [2.05, 4.69) is 31.1 Å². The van der Waals surface area contributed by atoms with Crippen LogP contribution < -0.4 is 5.32 Å². The van der Waals surface area contributed by atoms with Gasteiger partial charge in [-0.15, -0.1) is 0 Å². The Balaban J connectivity index is 2.28. The first-order valence-corrected chi connectivity index (χ1v) is 5.77. The van der Waals surface area contributed by atoms with Crippen molar-refractivity contribution in [1.82, 2.24) is 10.3 Å². The third-order valence-electron chi connectivity index (χ3n) is 2.31. The molecule has 0 spiro atoms. The summed E-state index contributed by atoms with van der Waals surface area (Å²) < 4.78 is 5.59. The molecule has 0 aromatic carbocycles. The van der Waals surface area contributed by atoms with Gasteiger partial charge in [0.15, 0.2) is 0 Å². The molecule has 1 heterocycles.